The Morgan fingerprint density at radius 3 is 1.57 bits per heavy atom. The van der Waals surface area contributed by atoms with Crippen molar-refractivity contribution in [2.24, 2.45) is 0 Å². The maximum Gasteiger partial charge on any atom is -0.0650 e. The van der Waals surface area contributed by atoms with Gasteiger partial charge in [-0.2, -0.15) is 11.1 Å². The normalized spacial score (nSPS) is 12.3. The zero-order valence-corrected chi connectivity index (χ0v) is 16.1. The van der Waals surface area contributed by atoms with Crippen molar-refractivity contribution < 1.29 is 15.3 Å². The van der Waals surface area contributed by atoms with E-state index >= 15 is 0 Å². The van der Waals surface area contributed by atoms with Gasteiger partial charge in [-0.05, 0) is 0 Å². The molecule has 2 aliphatic rings. The Hall–Kier alpha value is -0.916. The van der Waals surface area contributed by atoms with Crippen LogP contribution in [0.5, 0.6) is 0 Å². The summed E-state index contributed by atoms with van der Waals surface area (Å²) in [5.74, 6) is 0. The van der Waals surface area contributed by atoms with Crippen LogP contribution < -0.4 is 0 Å². The van der Waals surface area contributed by atoms with Crippen molar-refractivity contribution in [3.05, 3.63) is 82.9 Å². The molecule has 23 heavy (non-hydrogen) atoms. The Labute approximate surface area is 152 Å². The average Bonchev–Trinajstić information content (AvgIpc) is 3.24. The minimum Gasteiger partial charge on any atom is -0.272 e. The van der Waals surface area contributed by atoms with Crippen molar-refractivity contribution in [2.45, 2.75) is 19.8 Å². The number of halogens is 2. The second kappa shape index (κ2) is 10.1. The third kappa shape index (κ3) is 6.24. The van der Waals surface area contributed by atoms with Gasteiger partial charge in [-0.1, -0.05) is 36.4 Å². The smallest absolute Gasteiger partial charge is 0.0650 e. The van der Waals surface area contributed by atoms with Gasteiger partial charge in [-0.25, -0.2) is 12.2 Å². The van der Waals surface area contributed by atoms with Crippen LogP contribution in [0.3, 0.4) is 0 Å². The van der Waals surface area contributed by atoms with Crippen LogP contribution in [0.15, 0.2) is 48.5 Å². The van der Waals surface area contributed by atoms with Gasteiger partial charge < -0.3 is 0 Å². The Morgan fingerprint density at radius 2 is 1.22 bits per heavy atom. The summed E-state index contributed by atoms with van der Waals surface area (Å²) in [7, 11) is 10.7. The fourth-order valence-electron chi connectivity index (χ4n) is 2.21. The minimum absolute atomic E-state index is 0.996. The third-order valence-electron chi connectivity index (χ3n) is 3.43. The van der Waals surface area contributed by atoms with Crippen LogP contribution in [0.2, 0.25) is 0 Å². The fraction of sp³-hybridized carbons (Fsp3) is 0.150. The van der Waals surface area contributed by atoms with Gasteiger partial charge in [0.15, 0.2) is 0 Å². The van der Waals surface area contributed by atoms with Gasteiger partial charge >= 0.3 is 45.1 Å². The molecule has 0 atom stereocenters. The summed E-state index contributed by atoms with van der Waals surface area (Å²) in [6.45, 7) is 1.88. The number of fused-ring (bicyclic) bond motifs is 2. The van der Waals surface area contributed by atoms with Crippen molar-refractivity contribution in [3.8, 4) is 0 Å². The molecule has 0 saturated heterocycles. The van der Waals surface area contributed by atoms with E-state index in [1.165, 1.54) is 22.3 Å². The van der Waals surface area contributed by atoms with Crippen molar-refractivity contribution >= 4 is 35.1 Å². The minimum atomic E-state index is -1.54. The molecule has 4 rings (SSSR count). The Kier molecular flexibility index (Phi) is 8.05. The Balaban J connectivity index is 0.000000132. The molecule has 0 aromatic heterocycles. The van der Waals surface area contributed by atoms with Crippen LogP contribution in [0, 0.1) is 12.2 Å². The number of allylic oxidation sites excluding steroid dienone is 2. The molecule has 2 aromatic rings. The molecule has 0 heterocycles. The summed E-state index contributed by atoms with van der Waals surface area (Å²) < 4.78 is 1.86. The first-order valence-electron chi connectivity index (χ1n) is 7.47. The second-order valence-electron chi connectivity index (χ2n) is 5.03. The molecule has 0 aliphatic heterocycles. The first-order valence-corrected chi connectivity index (χ1v) is 12.7. The first kappa shape index (κ1) is 18.4. The average molecular weight is 377 g/mol. The number of benzene rings is 2. The van der Waals surface area contributed by atoms with E-state index in [0.717, 1.165) is 12.8 Å². The van der Waals surface area contributed by atoms with E-state index in [0.29, 0.717) is 0 Å². The van der Waals surface area contributed by atoms with Gasteiger partial charge in [0.25, 0.3) is 0 Å². The predicted molar refractivity (Wildman–Crippen MR) is 99.2 cm³/mol. The summed E-state index contributed by atoms with van der Waals surface area (Å²) in [5.41, 5.74) is 5.46. The molecule has 0 radical (unpaired) electrons. The van der Waals surface area contributed by atoms with Crippen molar-refractivity contribution in [2.75, 3.05) is 0 Å². The van der Waals surface area contributed by atoms with E-state index in [1.54, 1.807) is 0 Å². The predicted octanol–water partition coefficient (Wildman–Crippen LogP) is 5.85. The molecule has 0 bridgehead atoms. The van der Waals surface area contributed by atoms with Crippen LogP contribution in [0.4, 0.5) is 0 Å². The van der Waals surface area contributed by atoms with Crippen LogP contribution >= 0.6 is 18.6 Å². The topological polar surface area (TPSA) is 0 Å². The zero-order valence-electron chi connectivity index (χ0n) is 13.0. The maximum absolute atomic E-state index is 5.34. The maximum atomic E-state index is 5.34. The number of hydrogen-bond donors (Lipinski definition) is 0. The van der Waals surface area contributed by atoms with Crippen LogP contribution in [0.1, 0.15) is 29.2 Å². The number of hydrogen-bond acceptors (Lipinski definition) is 0. The molecule has 0 N–H and O–H groups in total. The van der Waals surface area contributed by atoms with Crippen molar-refractivity contribution in [1.29, 1.82) is 0 Å². The van der Waals surface area contributed by atoms with E-state index in [9.17, 15) is 0 Å². The molecule has 0 spiro atoms. The molecule has 2 aromatic carbocycles. The van der Waals surface area contributed by atoms with Crippen LogP contribution in [0.25, 0.3) is 12.2 Å². The van der Waals surface area contributed by atoms with E-state index in [2.05, 4.69) is 72.8 Å². The molecule has 0 nitrogen and oxygen atoms in total. The van der Waals surface area contributed by atoms with E-state index in [1.807, 2.05) is 11.2 Å². The van der Waals surface area contributed by atoms with E-state index in [4.69, 9.17) is 18.6 Å². The molecule has 0 saturated carbocycles. The molecular weight excluding hydrogens is 359 g/mol. The van der Waals surface area contributed by atoms with Gasteiger partial charge in [-0.3, -0.25) is 12.2 Å². The monoisotopic (exact) mass is 376 g/mol. The number of rotatable bonds is 0. The fourth-order valence-corrected chi connectivity index (χ4v) is 2.21. The SMILES string of the molecule is C[CH]=[Ti]([Cl])[Cl].[C-]1=Cc2ccccc2C1.[C-]1=Cc2ccccc2C1. The second-order valence-corrected chi connectivity index (χ2v) is 11.0. The van der Waals surface area contributed by atoms with Gasteiger partial charge in [0.1, 0.15) is 0 Å². The summed E-state index contributed by atoms with van der Waals surface area (Å²) in [6.07, 6.45) is 12.4. The Morgan fingerprint density at radius 1 is 0.826 bits per heavy atom. The molecule has 0 fully saturated rings. The molecule has 118 valence electrons. The van der Waals surface area contributed by atoms with Crippen molar-refractivity contribution in [3.63, 3.8) is 0 Å². The first-order chi connectivity index (χ1) is 11.2. The van der Waals surface area contributed by atoms with Gasteiger partial charge in [0, 0.05) is 0 Å². The largest absolute Gasteiger partial charge is 0.272 e. The van der Waals surface area contributed by atoms with Gasteiger partial charge in [0.2, 0.25) is 0 Å². The standard InChI is InChI=1S/2C9H7.C2H4.2ClH.Ti/c2*1-2-5-9-7-3-6-8(9)4-1;1-2;;;/h2*1-2,4-6H,7H2;1H,2H3;2*1H;/q2*-1;;;;+2/p-2. The van der Waals surface area contributed by atoms with Gasteiger partial charge in [-0.15, -0.1) is 36.1 Å². The summed E-state index contributed by atoms with van der Waals surface area (Å²) in [5, 5.41) is 0. The van der Waals surface area contributed by atoms with E-state index in [-0.39, 0.29) is 0 Å². The summed E-state index contributed by atoms with van der Waals surface area (Å²) in [4.78, 5) is 0. The summed E-state index contributed by atoms with van der Waals surface area (Å²) in [6, 6.07) is 16.8. The van der Waals surface area contributed by atoms with Crippen molar-refractivity contribution in [1.82, 2.24) is 0 Å². The van der Waals surface area contributed by atoms with Crippen LogP contribution in [-0.4, -0.2) is 4.31 Å². The van der Waals surface area contributed by atoms with Crippen LogP contribution in [-0.2, 0) is 28.1 Å². The molecule has 3 heteroatoms. The quantitative estimate of drug-likeness (QED) is 0.399. The Bertz CT molecular complexity index is 670. The third-order valence-corrected chi connectivity index (χ3v) is 5.91. The van der Waals surface area contributed by atoms with Gasteiger partial charge in [0.05, 0.1) is 0 Å². The molecule has 0 amide bonds. The molecular formula is C20H18Cl2Ti-2. The molecule has 0 unspecified atom stereocenters. The van der Waals surface area contributed by atoms with E-state index < -0.39 is 15.3 Å². The molecule has 2 aliphatic carbocycles. The summed E-state index contributed by atoms with van der Waals surface area (Å²) >= 11 is -1.54. The zero-order chi connectivity index (χ0) is 16.5.